The van der Waals surface area contributed by atoms with Crippen LogP contribution in [0.5, 0.6) is 5.75 Å². The van der Waals surface area contributed by atoms with Crippen LogP contribution in [0.15, 0.2) is 45.5 Å². The number of nitrogens with zero attached hydrogens (tertiary/aromatic N) is 1. The Balaban J connectivity index is 1.36. The Morgan fingerprint density at radius 1 is 1.00 bits per heavy atom. The first-order chi connectivity index (χ1) is 15.1. The Kier molecular flexibility index (Phi) is 8.13. The van der Waals surface area contributed by atoms with Crippen molar-refractivity contribution >= 4 is 15.9 Å². The Morgan fingerprint density at radius 2 is 1.71 bits per heavy atom. The average molecular weight is 489 g/mol. The molecule has 4 rings (SSSR count). The highest BCUT2D eigenvalue weighted by molar-refractivity contribution is 9.10. The zero-order valence-electron chi connectivity index (χ0n) is 18.8. The molecular formula is C26H37BrN2O2. The third-order valence-electron chi connectivity index (χ3n) is 7.43. The van der Waals surface area contributed by atoms with Gasteiger partial charge in [0.05, 0.1) is 24.4 Å². The van der Waals surface area contributed by atoms with Crippen molar-refractivity contribution in [3.05, 3.63) is 52.4 Å². The van der Waals surface area contributed by atoms with Gasteiger partial charge in [-0.3, -0.25) is 4.90 Å². The summed E-state index contributed by atoms with van der Waals surface area (Å²) in [7, 11) is 1.71. The molecule has 2 saturated carbocycles. The minimum atomic E-state index is 0.458. The highest BCUT2D eigenvalue weighted by Gasteiger charge is 2.29. The molecule has 31 heavy (non-hydrogen) atoms. The summed E-state index contributed by atoms with van der Waals surface area (Å²) in [5.74, 6) is 3.74. The van der Waals surface area contributed by atoms with Gasteiger partial charge in [0.25, 0.3) is 0 Å². The number of benzene rings is 1. The van der Waals surface area contributed by atoms with Crippen molar-refractivity contribution in [3.63, 3.8) is 0 Å². The van der Waals surface area contributed by atoms with Crippen LogP contribution in [0.3, 0.4) is 0 Å². The normalized spacial score (nSPS) is 26.8. The molecule has 1 aromatic heterocycles. The highest BCUT2D eigenvalue weighted by Crippen LogP contribution is 2.37. The lowest BCUT2D eigenvalue weighted by atomic mass is 9.75. The summed E-state index contributed by atoms with van der Waals surface area (Å²) in [6, 6.07) is 11.6. The Hall–Kier alpha value is -1.30. The molecule has 0 aliphatic heterocycles. The van der Waals surface area contributed by atoms with Gasteiger partial charge in [-0.15, -0.1) is 0 Å². The molecule has 1 aromatic carbocycles. The van der Waals surface area contributed by atoms with E-state index in [9.17, 15) is 0 Å². The van der Waals surface area contributed by atoms with Gasteiger partial charge in [-0.1, -0.05) is 6.07 Å². The van der Waals surface area contributed by atoms with Crippen LogP contribution >= 0.6 is 15.9 Å². The zero-order valence-corrected chi connectivity index (χ0v) is 20.4. The van der Waals surface area contributed by atoms with Crippen LogP contribution in [0, 0.1) is 11.8 Å². The van der Waals surface area contributed by atoms with Crippen molar-refractivity contribution in [1.29, 1.82) is 0 Å². The quantitative estimate of drug-likeness (QED) is 0.459. The number of methoxy groups -OCH3 is 1. The molecule has 4 nitrogen and oxygen atoms in total. The lowest BCUT2D eigenvalue weighted by Crippen LogP contribution is -2.37. The van der Waals surface area contributed by atoms with E-state index in [4.69, 9.17) is 14.9 Å². The first-order valence-corrected chi connectivity index (χ1v) is 12.7. The number of hydrogen-bond acceptors (Lipinski definition) is 4. The SMILES string of the molecule is COc1ccc(CN(Cc2ccco2)C2CCC(CC3CCC(N)CC3)CC2)cc1Br. The summed E-state index contributed by atoms with van der Waals surface area (Å²) >= 11 is 3.64. The van der Waals surface area contributed by atoms with Crippen molar-refractivity contribution in [2.45, 2.75) is 83.0 Å². The summed E-state index contributed by atoms with van der Waals surface area (Å²) in [5.41, 5.74) is 7.41. The molecular weight excluding hydrogens is 452 g/mol. The third kappa shape index (κ3) is 6.36. The van der Waals surface area contributed by atoms with Gasteiger partial charge in [-0.05, 0) is 115 Å². The fraction of sp³-hybridized carbons (Fsp3) is 0.615. The van der Waals surface area contributed by atoms with Crippen molar-refractivity contribution in [2.24, 2.45) is 17.6 Å². The standard InChI is InChI=1S/C26H37BrN2O2/c1-30-26-13-8-21(16-25(26)27)17-29(18-24-3-2-14-31-24)23-11-6-20(7-12-23)15-19-4-9-22(28)10-5-19/h2-3,8,13-14,16,19-20,22-23H,4-7,9-12,15,17-18,28H2,1H3. The van der Waals surface area contributed by atoms with E-state index >= 15 is 0 Å². The lowest BCUT2D eigenvalue weighted by molar-refractivity contribution is 0.104. The Morgan fingerprint density at radius 3 is 2.32 bits per heavy atom. The largest absolute Gasteiger partial charge is 0.496 e. The second-order valence-electron chi connectivity index (χ2n) is 9.64. The van der Waals surface area contributed by atoms with Gasteiger partial charge in [0.15, 0.2) is 0 Å². The van der Waals surface area contributed by atoms with Crippen LogP contribution < -0.4 is 10.5 Å². The molecule has 0 unspecified atom stereocenters. The van der Waals surface area contributed by atoms with Crippen molar-refractivity contribution in [1.82, 2.24) is 4.90 Å². The molecule has 2 aliphatic carbocycles. The summed E-state index contributed by atoms with van der Waals surface area (Å²) in [5, 5.41) is 0. The van der Waals surface area contributed by atoms with Crippen LogP contribution in [0.2, 0.25) is 0 Å². The maximum atomic E-state index is 6.10. The molecule has 0 spiro atoms. The van der Waals surface area contributed by atoms with Gasteiger partial charge in [-0.2, -0.15) is 0 Å². The van der Waals surface area contributed by atoms with E-state index in [2.05, 4.69) is 45.1 Å². The van der Waals surface area contributed by atoms with Crippen molar-refractivity contribution in [2.75, 3.05) is 7.11 Å². The van der Waals surface area contributed by atoms with Gasteiger partial charge in [0.2, 0.25) is 0 Å². The third-order valence-corrected chi connectivity index (χ3v) is 8.05. The fourth-order valence-corrected chi connectivity index (χ4v) is 6.19. The molecule has 2 aromatic rings. The van der Waals surface area contributed by atoms with E-state index in [0.29, 0.717) is 12.1 Å². The van der Waals surface area contributed by atoms with E-state index < -0.39 is 0 Å². The zero-order chi connectivity index (χ0) is 21.6. The van der Waals surface area contributed by atoms with Gasteiger partial charge in [-0.25, -0.2) is 0 Å². The van der Waals surface area contributed by atoms with Crippen LogP contribution in [0.4, 0.5) is 0 Å². The maximum Gasteiger partial charge on any atom is 0.133 e. The number of hydrogen-bond donors (Lipinski definition) is 1. The first kappa shape index (κ1) is 22.9. The molecule has 5 heteroatoms. The fourth-order valence-electron chi connectivity index (χ4n) is 5.60. The van der Waals surface area contributed by atoms with E-state index in [1.165, 1.54) is 63.4 Å². The first-order valence-electron chi connectivity index (χ1n) is 11.9. The summed E-state index contributed by atoms with van der Waals surface area (Å²) < 4.78 is 12.1. The van der Waals surface area contributed by atoms with Gasteiger partial charge >= 0.3 is 0 Å². The number of furan rings is 1. The molecule has 0 radical (unpaired) electrons. The smallest absolute Gasteiger partial charge is 0.133 e. The van der Waals surface area contributed by atoms with Crippen LogP contribution in [0.1, 0.15) is 69.1 Å². The van der Waals surface area contributed by atoms with E-state index in [1.807, 2.05) is 6.07 Å². The molecule has 170 valence electrons. The summed E-state index contributed by atoms with van der Waals surface area (Å²) in [6.45, 7) is 1.80. The average Bonchev–Trinajstić information content (AvgIpc) is 3.29. The van der Waals surface area contributed by atoms with Gasteiger partial charge in [0.1, 0.15) is 11.5 Å². The Labute approximate surface area is 195 Å². The lowest BCUT2D eigenvalue weighted by Gasteiger charge is -2.38. The molecule has 0 saturated heterocycles. The number of ether oxygens (including phenoxy) is 1. The molecule has 0 amide bonds. The molecule has 2 aliphatic rings. The summed E-state index contributed by atoms with van der Waals surface area (Å²) in [4.78, 5) is 2.61. The summed E-state index contributed by atoms with van der Waals surface area (Å²) in [6.07, 6.45) is 13.6. The number of rotatable bonds is 8. The molecule has 2 N–H and O–H groups in total. The monoisotopic (exact) mass is 488 g/mol. The van der Waals surface area contributed by atoms with E-state index in [1.54, 1.807) is 13.4 Å². The van der Waals surface area contributed by atoms with Crippen LogP contribution in [-0.2, 0) is 13.1 Å². The second-order valence-corrected chi connectivity index (χ2v) is 10.5. The Bertz CT molecular complexity index is 794. The van der Waals surface area contributed by atoms with Crippen molar-refractivity contribution in [3.8, 4) is 5.75 Å². The molecule has 2 fully saturated rings. The topological polar surface area (TPSA) is 51.6 Å². The minimum Gasteiger partial charge on any atom is -0.496 e. The predicted molar refractivity (Wildman–Crippen MR) is 129 cm³/mol. The second kappa shape index (κ2) is 11.0. The van der Waals surface area contributed by atoms with Gasteiger partial charge < -0.3 is 14.9 Å². The van der Waals surface area contributed by atoms with Crippen LogP contribution in [-0.4, -0.2) is 24.1 Å². The molecule has 0 bridgehead atoms. The maximum absolute atomic E-state index is 6.10. The van der Waals surface area contributed by atoms with Crippen molar-refractivity contribution < 1.29 is 9.15 Å². The van der Waals surface area contributed by atoms with Gasteiger partial charge in [0, 0.05) is 18.6 Å². The number of halogens is 1. The predicted octanol–water partition coefficient (Wildman–Crippen LogP) is 6.52. The van der Waals surface area contributed by atoms with E-state index in [-0.39, 0.29) is 0 Å². The number of nitrogens with two attached hydrogens (primary N) is 1. The van der Waals surface area contributed by atoms with Crippen LogP contribution in [0.25, 0.3) is 0 Å². The molecule has 1 heterocycles. The van der Waals surface area contributed by atoms with E-state index in [0.717, 1.165) is 40.9 Å². The highest BCUT2D eigenvalue weighted by atomic mass is 79.9. The molecule has 0 atom stereocenters. The minimum absolute atomic E-state index is 0.458.